The van der Waals surface area contributed by atoms with Gasteiger partial charge in [0.05, 0.1) is 16.7 Å². The third-order valence-electron chi connectivity index (χ3n) is 6.87. The molecule has 1 fully saturated rings. The highest BCUT2D eigenvalue weighted by Gasteiger charge is 2.38. The van der Waals surface area contributed by atoms with E-state index in [1.807, 2.05) is 6.07 Å². The standard InChI is InChI=1S/C29H24Cl2FN5O3.C2HF3O2/c30-20-9-16(14-33)10-22(13-20)40-27-23(31)3-1-18(26(27)32)15-35-29(39)25-12-19-11-21(2-4-24(19)37-25)36-28(38)17-5-7-34-8-6-17;3-2(4,5)1(6)7/h1-4,9-13,17,34,37H,5-8,15H2,(H,35,39)(H,36,38);(H,6,7). The first kappa shape index (κ1) is 35.0. The zero-order valence-corrected chi connectivity index (χ0v) is 25.6. The Kier molecular flexibility index (Phi) is 11.3. The Morgan fingerprint density at radius 2 is 1.74 bits per heavy atom. The number of benzene rings is 3. The molecule has 0 saturated carbocycles. The molecule has 0 atom stereocenters. The highest BCUT2D eigenvalue weighted by molar-refractivity contribution is 6.32. The molecule has 5 rings (SSSR count). The van der Waals surface area contributed by atoms with Gasteiger partial charge >= 0.3 is 12.1 Å². The highest BCUT2D eigenvalue weighted by atomic mass is 35.5. The number of rotatable bonds is 7. The molecule has 2 heterocycles. The van der Waals surface area contributed by atoms with E-state index in [0.717, 1.165) is 36.8 Å². The normalized spacial score (nSPS) is 13.2. The van der Waals surface area contributed by atoms with Crippen LogP contribution in [0.4, 0.5) is 23.2 Å². The number of aliphatic carboxylic acids is 1. The molecule has 4 aromatic rings. The van der Waals surface area contributed by atoms with E-state index in [1.165, 1.54) is 30.3 Å². The van der Waals surface area contributed by atoms with Crippen molar-refractivity contribution in [3.05, 3.63) is 87.3 Å². The van der Waals surface area contributed by atoms with Crippen molar-refractivity contribution in [2.24, 2.45) is 5.92 Å². The van der Waals surface area contributed by atoms with Crippen LogP contribution in [0.2, 0.25) is 10.0 Å². The molecule has 246 valence electrons. The minimum atomic E-state index is -5.08. The summed E-state index contributed by atoms with van der Waals surface area (Å²) in [6.07, 6.45) is -3.49. The topological polar surface area (TPSA) is 156 Å². The number of aromatic nitrogens is 1. The Balaban J connectivity index is 0.000000644. The van der Waals surface area contributed by atoms with Crippen molar-refractivity contribution in [1.29, 1.82) is 5.26 Å². The largest absolute Gasteiger partial charge is 0.490 e. The molecule has 0 aliphatic carbocycles. The van der Waals surface area contributed by atoms with Gasteiger partial charge in [-0.1, -0.05) is 29.3 Å². The zero-order valence-electron chi connectivity index (χ0n) is 24.1. The Hall–Kier alpha value is -4.84. The fourth-order valence-electron chi connectivity index (χ4n) is 4.54. The Labute approximate surface area is 274 Å². The fraction of sp³-hybridized carbons (Fsp3) is 0.226. The molecule has 16 heteroatoms. The summed E-state index contributed by atoms with van der Waals surface area (Å²) in [4.78, 5) is 37.4. The molecule has 5 N–H and O–H groups in total. The zero-order chi connectivity index (χ0) is 34.3. The van der Waals surface area contributed by atoms with Crippen LogP contribution in [-0.4, -0.2) is 47.1 Å². The van der Waals surface area contributed by atoms with Gasteiger partial charge in [-0.25, -0.2) is 9.18 Å². The van der Waals surface area contributed by atoms with Gasteiger partial charge in [-0.15, -0.1) is 0 Å². The number of anilines is 1. The predicted octanol–water partition coefficient (Wildman–Crippen LogP) is 6.78. The SMILES string of the molecule is N#Cc1cc(Cl)cc(Oc2c(Cl)ccc(CNC(=O)c3cc4cc(NC(=O)C5CCNCC5)ccc4[nH]3)c2F)c1.O=C(O)C(F)(F)F. The van der Waals surface area contributed by atoms with Gasteiger partial charge in [0, 0.05) is 39.6 Å². The molecule has 47 heavy (non-hydrogen) atoms. The maximum Gasteiger partial charge on any atom is 0.490 e. The van der Waals surface area contributed by atoms with Gasteiger partial charge in [0.2, 0.25) is 5.91 Å². The number of nitriles is 1. The number of carboxylic acid groups (broad SMARTS) is 1. The van der Waals surface area contributed by atoms with Crippen LogP contribution in [0.1, 0.15) is 34.5 Å². The molecule has 1 aliphatic heterocycles. The van der Waals surface area contributed by atoms with Gasteiger partial charge in [0.1, 0.15) is 11.4 Å². The molecule has 10 nitrogen and oxygen atoms in total. The summed E-state index contributed by atoms with van der Waals surface area (Å²) in [5.74, 6) is -4.08. The van der Waals surface area contributed by atoms with Crippen LogP contribution < -0.4 is 20.7 Å². The average molecular weight is 694 g/mol. The van der Waals surface area contributed by atoms with Gasteiger partial charge < -0.3 is 30.8 Å². The smallest absolute Gasteiger partial charge is 0.475 e. The molecule has 1 aromatic heterocycles. The molecule has 2 amide bonds. The number of piperidine rings is 1. The average Bonchev–Trinajstić information content (AvgIpc) is 3.46. The maximum absolute atomic E-state index is 15.3. The number of fused-ring (bicyclic) bond motifs is 1. The molecular formula is C31H25Cl2F4N5O5. The minimum absolute atomic E-state index is 0.0106. The van der Waals surface area contributed by atoms with Crippen molar-refractivity contribution < 1.29 is 41.8 Å². The van der Waals surface area contributed by atoms with Crippen LogP contribution in [-0.2, 0) is 16.1 Å². The molecule has 3 aromatic carbocycles. The lowest BCUT2D eigenvalue weighted by Crippen LogP contribution is -2.34. The van der Waals surface area contributed by atoms with Crippen LogP contribution in [0.25, 0.3) is 10.9 Å². The van der Waals surface area contributed by atoms with Gasteiger partial charge in [-0.05, 0) is 74.5 Å². The summed E-state index contributed by atoms with van der Waals surface area (Å²) in [6.45, 7) is 1.52. The molecule has 0 radical (unpaired) electrons. The molecule has 1 aliphatic rings. The molecule has 0 bridgehead atoms. The minimum Gasteiger partial charge on any atom is -0.475 e. The lowest BCUT2D eigenvalue weighted by Gasteiger charge is -2.21. The lowest BCUT2D eigenvalue weighted by molar-refractivity contribution is -0.192. The number of ether oxygens (including phenoxy) is 1. The van der Waals surface area contributed by atoms with Crippen molar-refractivity contribution in [2.75, 3.05) is 18.4 Å². The number of halogens is 6. The molecule has 0 spiro atoms. The number of H-pyrrole nitrogens is 1. The molecule has 1 saturated heterocycles. The number of amides is 2. The first-order valence-corrected chi connectivity index (χ1v) is 14.6. The Bertz CT molecular complexity index is 1850. The fourth-order valence-corrected chi connectivity index (χ4v) is 4.95. The number of aromatic amines is 1. The van der Waals surface area contributed by atoms with E-state index in [-0.39, 0.29) is 56.7 Å². The molecular weight excluding hydrogens is 669 g/mol. The number of carbonyl (C=O) groups excluding carboxylic acids is 2. The van der Waals surface area contributed by atoms with Crippen LogP contribution in [0.15, 0.2) is 54.6 Å². The van der Waals surface area contributed by atoms with Crippen LogP contribution in [0, 0.1) is 23.1 Å². The number of hydrogen-bond donors (Lipinski definition) is 5. The maximum atomic E-state index is 15.3. The number of hydrogen-bond acceptors (Lipinski definition) is 6. The van der Waals surface area contributed by atoms with E-state index < -0.39 is 23.9 Å². The van der Waals surface area contributed by atoms with E-state index in [4.69, 9.17) is 43.1 Å². The van der Waals surface area contributed by atoms with E-state index in [2.05, 4.69) is 20.9 Å². The van der Waals surface area contributed by atoms with Crippen LogP contribution >= 0.6 is 23.2 Å². The first-order valence-electron chi connectivity index (χ1n) is 13.8. The second kappa shape index (κ2) is 15.2. The van der Waals surface area contributed by atoms with E-state index >= 15 is 4.39 Å². The van der Waals surface area contributed by atoms with Gasteiger partial charge in [-0.3, -0.25) is 9.59 Å². The lowest BCUT2D eigenvalue weighted by atomic mass is 9.97. The summed E-state index contributed by atoms with van der Waals surface area (Å²) in [6, 6.07) is 16.2. The van der Waals surface area contributed by atoms with Gasteiger partial charge in [-0.2, -0.15) is 18.4 Å². The Morgan fingerprint density at radius 1 is 1.04 bits per heavy atom. The number of carboxylic acids is 1. The Morgan fingerprint density at radius 3 is 2.40 bits per heavy atom. The van der Waals surface area contributed by atoms with Crippen molar-refractivity contribution in [3.8, 4) is 17.6 Å². The summed E-state index contributed by atoms with van der Waals surface area (Å²) in [7, 11) is 0. The quantitative estimate of drug-likeness (QED) is 0.134. The second-order valence-corrected chi connectivity index (χ2v) is 11.1. The van der Waals surface area contributed by atoms with E-state index in [9.17, 15) is 22.8 Å². The van der Waals surface area contributed by atoms with Crippen LogP contribution in [0.3, 0.4) is 0 Å². The van der Waals surface area contributed by atoms with Crippen LogP contribution in [0.5, 0.6) is 11.5 Å². The van der Waals surface area contributed by atoms with Crippen molar-refractivity contribution in [2.45, 2.75) is 25.6 Å². The third kappa shape index (κ3) is 9.35. The van der Waals surface area contributed by atoms with E-state index in [0.29, 0.717) is 5.69 Å². The number of alkyl halides is 3. The summed E-state index contributed by atoms with van der Waals surface area (Å²) >= 11 is 12.2. The van der Waals surface area contributed by atoms with Gasteiger partial charge in [0.25, 0.3) is 5.91 Å². The predicted molar refractivity (Wildman–Crippen MR) is 165 cm³/mol. The van der Waals surface area contributed by atoms with Crippen molar-refractivity contribution >= 4 is 57.6 Å². The second-order valence-electron chi connectivity index (χ2n) is 10.2. The number of nitrogens with zero attached hydrogens (tertiary/aromatic N) is 1. The first-order chi connectivity index (χ1) is 22.2. The summed E-state index contributed by atoms with van der Waals surface area (Å²) < 4.78 is 52.7. The van der Waals surface area contributed by atoms with Gasteiger partial charge in [0.15, 0.2) is 11.6 Å². The number of nitrogens with one attached hydrogen (secondary N) is 4. The third-order valence-corrected chi connectivity index (χ3v) is 7.39. The summed E-state index contributed by atoms with van der Waals surface area (Å²) in [5, 5.41) is 26.2. The highest BCUT2D eigenvalue weighted by Crippen LogP contribution is 2.35. The van der Waals surface area contributed by atoms with E-state index in [1.54, 1.807) is 24.3 Å². The summed E-state index contributed by atoms with van der Waals surface area (Å²) in [5.41, 5.74) is 2.05. The van der Waals surface area contributed by atoms with Crippen molar-refractivity contribution in [1.82, 2.24) is 15.6 Å². The monoisotopic (exact) mass is 693 g/mol. The van der Waals surface area contributed by atoms with Crippen molar-refractivity contribution in [3.63, 3.8) is 0 Å². The number of carbonyl (C=O) groups is 3. The molecule has 0 unspecified atom stereocenters.